The topological polar surface area (TPSA) is 64.8 Å². The third kappa shape index (κ3) is 5.59. The molecule has 4 unspecified atom stereocenters. The quantitative estimate of drug-likeness (QED) is 0.571. The highest BCUT2D eigenvalue weighted by Crippen LogP contribution is 2.50. The van der Waals surface area contributed by atoms with E-state index >= 15 is 0 Å². The summed E-state index contributed by atoms with van der Waals surface area (Å²) in [5.41, 5.74) is 7.54. The Balaban J connectivity index is 1.19. The fourth-order valence-electron chi connectivity index (χ4n) is 7.20. The van der Waals surface area contributed by atoms with Crippen molar-refractivity contribution < 1.29 is 18.7 Å². The van der Waals surface area contributed by atoms with Gasteiger partial charge >= 0.3 is 0 Å². The minimum atomic E-state index is 0.157. The lowest BCUT2D eigenvalue weighted by atomic mass is 9.60. The van der Waals surface area contributed by atoms with E-state index in [4.69, 9.17) is 15.2 Å². The van der Waals surface area contributed by atoms with Crippen LogP contribution in [0.2, 0.25) is 0 Å². The van der Waals surface area contributed by atoms with Crippen molar-refractivity contribution in [1.29, 1.82) is 0 Å². The highest BCUT2D eigenvalue weighted by Gasteiger charge is 2.50. The van der Waals surface area contributed by atoms with Crippen LogP contribution < -0.4 is 10.5 Å². The number of rotatable bonds is 8. The van der Waals surface area contributed by atoms with Crippen molar-refractivity contribution in [2.45, 2.75) is 57.8 Å². The lowest BCUT2D eigenvalue weighted by Crippen LogP contribution is -2.62. The molecule has 1 amide bonds. The number of hydrogen-bond donors (Lipinski definition) is 1. The molecular formula is C29H41FN2O3. The summed E-state index contributed by atoms with van der Waals surface area (Å²) < 4.78 is 23.9. The number of likely N-dealkylation sites (tertiary alicyclic amines) is 1. The second-order valence-corrected chi connectivity index (χ2v) is 11.6. The van der Waals surface area contributed by atoms with E-state index in [2.05, 4.69) is 17.0 Å². The van der Waals surface area contributed by atoms with Crippen molar-refractivity contribution in [3.05, 3.63) is 41.7 Å². The molecule has 5 rings (SSSR count). The minimum Gasteiger partial charge on any atom is -0.489 e. The number of nitrogens with zero attached hydrogens (tertiary/aromatic N) is 1. The molecule has 2 aliphatic carbocycles. The van der Waals surface area contributed by atoms with Crippen molar-refractivity contribution in [2.24, 2.45) is 34.8 Å². The first kappa shape index (κ1) is 24.8. The van der Waals surface area contributed by atoms with Gasteiger partial charge in [0.05, 0.1) is 6.33 Å². The van der Waals surface area contributed by atoms with E-state index in [0.717, 1.165) is 63.7 Å². The van der Waals surface area contributed by atoms with E-state index in [-0.39, 0.29) is 19.1 Å². The van der Waals surface area contributed by atoms with Gasteiger partial charge in [0.2, 0.25) is 5.91 Å². The molecule has 5 nitrogen and oxygen atoms in total. The third-order valence-electron chi connectivity index (χ3n) is 9.25. The van der Waals surface area contributed by atoms with Crippen LogP contribution in [0.1, 0.15) is 56.9 Å². The Bertz CT molecular complexity index is 888. The third-order valence-corrected chi connectivity index (χ3v) is 9.25. The number of carbonyl (C=O) groups is 1. The first-order valence-electron chi connectivity index (χ1n) is 13.7. The number of ether oxygens (including phenoxy) is 2. The van der Waals surface area contributed by atoms with E-state index in [1.54, 1.807) is 0 Å². The zero-order valence-corrected chi connectivity index (χ0v) is 20.9. The Hall–Kier alpha value is -1.92. The maximum atomic E-state index is 13.8. The van der Waals surface area contributed by atoms with Crippen molar-refractivity contribution in [1.82, 2.24) is 4.90 Å². The molecule has 35 heavy (non-hydrogen) atoms. The van der Waals surface area contributed by atoms with Crippen molar-refractivity contribution in [2.75, 3.05) is 39.5 Å². The number of nitrogens with two attached hydrogens (primary N) is 1. The molecule has 6 heteroatoms. The summed E-state index contributed by atoms with van der Waals surface area (Å²) in [5, 5.41) is 0. The van der Waals surface area contributed by atoms with Gasteiger partial charge < -0.3 is 20.1 Å². The predicted molar refractivity (Wildman–Crippen MR) is 135 cm³/mol. The van der Waals surface area contributed by atoms with E-state index in [1.807, 2.05) is 12.1 Å². The minimum absolute atomic E-state index is 0.157. The molecule has 2 bridgehead atoms. The standard InChI is InChI=1S/C29H41FN2O3/c30-16-23(17-31)18-35-26-8-5-21(6-9-26)4-7-25-15-22-2-1-3-24(14-22)27(25)28(33)32-19-29(20-32)10-12-34-13-11-29/h5-6,8-9,16,22,24-25,27H,1-4,7,10-15,17-20,31H2/b23-16+. The fraction of sp³-hybridized carbons (Fsp3) is 0.690. The molecule has 1 aromatic rings. The molecule has 0 aromatic heterocycles. The number of hydrogen-bond acceptors (Lipinski definition) is 4. The van der Waals surface area contributed by atoms with Gasteiger partial charge in [0.25, 0.3) is 0 Å². The van der Waals surface area contributed by atoms with Crippen molar-refractivity contribution in [3.63, 3.8) is 0 Å². The first-order chi connectivity index (χ1) is 17.1. The van der Waals surface area contributed by atoms with Gasteiger partial charge in [0.15, 0.2) is 0 Å². The van der Waals surface area contributed by atoms with Crippen LogP contribution >= 0.6 is 0 Å². The van der Waals surface area contributed by atoms with Crippen LogP contribution in [0.3, 0.4) is 0 Å². The van der Waals surface area contributed by atoms with E-state index in [1.165, 1.54) is 37.7 Å². The van der Waals surface area contributed by atoms with Crippen LogP contribution in [0.5, 0.6) is 5.75 Å². The molecule has 2 N–H and O–H groups in total. The molecule has 4 fully saturated rings. The van der Waals surface area contributed by atoms with Crippen LogP contribution in [0.25, 0.3) is 0 Å². The zero-order chi connectivity index (χ0) is 24.3. The average molecular weight is 485 g/mol. The largest absolute Gasteiger partial charge is 0.489 e. The van der Waals surface area contributed by atoms with Crippen LogP contribution in [0.15, 0.2) is 36.2 Å². The lowest BCUT2D eigenvalue weighted by molar-refractivity contribution is -0.161. The number of amides is 1. The Morgan fingerprint density at radius 1 is 1.17 bits per heavy atom. The number of aryl methyl sites for hydroxylation is 1. The van der Waals surface area contributed by atoms with Crippen molar-refractivity contribution >= 4 is 5.91 Å². The summed E-state index contributed by atoms with van der Waals surface area (Å²) in [5.74, 6) is 3.22. The maximum Gasteiger partial charge on any atom is 0.226 e. The second-order valence-electron chi connectivity index (χ2n) is 11.6. The molecule has 2 saturated carbocycles. The molecule has 1 spiro atoms. The summed E-state index contributed by atoms with van der Waals surface area (Å²) in [6.07, 6.45) is 11.1. The van der Waals surface area contributed by atoms with Crippen LogP contribution in [-0.2, 0) is 16.0 Å². The van der Waals surface area contributed by atoms with Gasteiger partial charge in [-0.25, -0.2) is 4.39 Å². The van der Waals surface area contributed by atoms with E-state index in [9.17, 15) is 9.18 Å². The number of fused-ring (bicyclic) bond motifs is 2. The van der Waals surface area contributed by atoms with Gasteiger partial charge in [0.1, 0.15) is 12.4 Å². The monoisotopic (exact) mass is 484 g/mol. The summed E-state index contributed by atoms with van der Waals surface area (Å²) in [7, 11) is 0. The Morgan fingerprint density at radius 3 is 2.66 bits per heavy atom. The Morgan fingerprint density at radius 2 is 1.94 bits per heavy atom. The summed E-state index contributed by atoms with van der Waals surface area (Å²) in [4.78, 5) is 16.0. The molecule has 1 aromatic carbocycles. The summed E-state index contributed by atoms with van der Waals surface area (Å²) in [6, 6.07) is 8.10. The second kappa shape index (κ2) is 11.0. The van der Waals surface area contributed by atoms with Gasteiger partial charge in [-0.05, 0) is 80.4 Å². The van der Waals surface area contributed by atoms with Crippen LogP contribution in [-0.4, -0.2) is 50.3 Å². The molecule has 2 aliphatic heterocycles. The molecule has 0 radical (unpaired) electrons. The van der Waals surface area contributed by atoms with E-state index in [0.29, 0.717) is 35.1 Å². The number of benzene rings is 1. The van der Waals surface area contributed by atoms with Gasteiger partial charge in [0, 0.05) is 49.8 Å². The predicted octanol–water partition coefficient (Wildman–Crippen LogP) is 4.89. The van der Waals surface area contributed by atoms with Crippen molar-refractivity contribution in [3.8, 4) is 5.75 Å². The average Bonchev–Trinajstić information content (AvgIpc) is 2.87. The van der Waals surface area contributed by atoms with Gasteiger partial charge in [-0.15, -0.1) is 0 Å². The smallest absolute Gasteiger partial charge is 0.226 e. The van der Waals surface area contributed by atoms with Gasteiger partial charge in [-0.2, -0.15) is 0 Å². The highest BCUT2D eigenvalue weighted by atomic mass is 19.1. The zero-order valence-electron chi connectivity index (χ0n) is 20.9. The number of halogens is 1. The lowest BCUT2D eigenvalue weighted by Gasteiger charge is -2.55. The fourth-order valence-corrected chi connectivity index (χ4v) is 7.20. The molecular weight excluding hydrogens is 443 g/mol. The van der Waals surface area contributed by atoms with Gasteiger partial charge in [-0.3, -0.25) is 4.79 Å². The highest BCUT2D eigenvalue weighted by molar-refractivity contribution is 5.80. The molecule has 2 saturated heterocycles. The Labute approximate surface area is 209 Å². The normalized spacial score (nSPS) is 30.1. The summed E-state index contributed by atoms with van der Waals surface area (Å²) >= 11 is 0. The number of carbonyl (C=O) groups excluding carboxylic acids is 1. The molecule has 192 valence electrons. The van der Waals surface area contributed by atoms with Crippen LogP contribution in [0.4, 0.5) is 4.39 Å². The summed E-state index contributed by atoms with van der Waals surface area (Å²) in [6.45, 7) is 3.92. The van der Waals surface area contributed by atoms with E-state index < -0.39 is 0 Å². The molecule has 4 atom stereocenters. The Kier molecular flexibility index (Phi) is 7.78. The SMILES string of the molecule is NC/C(=C\F)COc1ccc(CCC2CC3CCCC(C3)C2C(=O)N2CC3(CCOCC3)C2)cc1. The maximum absolute atomic E-state index is 13.8. The molecule has 4 aliphatic rings. The van der Waals surface area contributed by atoms with Gasteiger partial charge in [-0.1, -0.05) is 25.0 Å². The molecule has 2 heterocycles. The first-order valence-corrected chi connectivity index (χ1v) is 13.7. The van der Waals surface area contributed by atoms with Crippen LogP contribution in [0, 0.1) is 29.1 Å².